The molecule has 0 spiro atoms. The van der Waals surface area contributed by atoms with Gasteiger partial charge < -0.3 is 15.4 Å². The lowest BCUT2D eigenvalue weighted by Gasteiger charge is -2.21. The quantitative estimate of drug-likeness (QED) is 0.566. The first-order chi connectivity index (χ1) is 8.63. The molecule has 0 bridgehead atoms. The van der Waals surface area contributed by atoms with Crippen LogP contribution < -0.4 is 5.73 Å². The zero-order valence-electron chi connectivity index (χ0n) is 11.7. The van der Waals surface area contributed by atoms with Crippen LogP contribution in [0, 0.1) is 5.92 Å². The molecular weight excluding hydrogens is 230 g/mol. The van der Waals surface area contributed by atoms with Gasteiger partial charge in [-0.25, -0.2) is 0 Å². The predicted octanol–water partition coefficient (Wildman–Crippen LogP) is 0.152. The summed E-state index contributed by atoms with van der Waals surface area (Å²) in [6.45, 7) is 4.23. The third kappa shape index (κ3) is 6.93. The fourth-order valence-corrected chi connectivity index (χ4v) is 1.64. The summed E-state index contributed by atoms with van der Waals surface area (Å²) in [6.07, 6.45) is 3.50. The fourth-order valence-electron chi connectivity index (χ4n) is 1.64. The van der Waals surface area contributed by atoms with Gasteiger partial charge in [-0.3, -0.25) is 9.69 Å². The van der Waals surface area contributed by atoms with E-state index in [1.165, 1.54) is 12.8 Å². The van der Waals surface area contributed by atoms with E-state index in [9.17, 15) is 4.79 Å². The van der Waals surface area contributed by atoms with Crippen LogP contribution in [0.5, 0.6) is 0 Å². The first-order valence-corrected chi connectivity index (χ1v) is 6.83. The van der Waals surface area contributed by atoms with Crippen molar-refractivity contribution in [3.05, 3.63) is 0 Å². The van der Waals surface area contributed by atoms with Gasteiger partial charge >= 0.3 is 0 Å². The summed E-state index contributed by atoms with van der Waals surface area (Å²) in [5.74, 6) is 0.951. The lowest BCUT2D eigenvalue weighted by atomic mass is 10.3. The van der Waals surface area contributed by atoms with Crippen LogP contribution in [-0.4, -0.2) is 69.2 Å². The van der Waals surface area contributed by atoms with Gasteiger partial charge in [0.25, 0.3) is 0 Å². The molecule has 0 aromatic rings. The number of carbonyl (C=O) groups excluding carboxylic acids is 1. The predicted molar refractivity (Wildman–Crippen MR) is 72.3 cm³/mol. The Morgan fingerprint density at radius 1 is 1.33 bits per heavy atom. The summed E-state index contributed by atoms with van der Waals surface area (Å²) >= 11 is 0. The van der Waals surface area contributed by atoms with E-state index in [4.69, 9.17) is 10.5 Å². The molecule has 2 N–H and O–H groups in total. The molecule has 0 aliphatic heterocycles. The van der Waals surface area contributed by atoms with Crippen molar-refractivity contribution in [1.29, 1.82) is 0 Å². The monoisotopic (exact) mass is 257 g/mol. The highest BCUT2D eigenvalue weighted by Gasteiger charge is 2.21. The Morgan fingerprint density at radius 3 is 2.67 bits per heavy atom. The van der Waals surface area contributed by atoms with Crippen molar-refractivity contribution in [1.82, 2.24) is 9.80 Å². The third-order valence-corrected chi connectivity index (χ3v) is 3.20. The molecule has 0 aromatic heterocycles. The van der Waals surface area contributed by atoms with Crippen LogP contribution in [0.25, 0.3) is 0 Å². The summed E-state index contributed by atoms with van der Waals surface area (Å²) in [5.41, 5.74) is 5.42. The van der Waals surface area contributed by atoms with Crippen molar-refractivity contribution in [3.8, 4) is 0 Å². The maximum Gasteiger partial charge on any atom is 0.236 e. The minimum atomic E-state index is 0.146. The summed E-state index contributed by atoms with van der Waals surface area (Å²) in [7, 11) is 3.78. The number of hydrogen-bond acceptors (Lipinski definition) is 4. The van der Waals surface area contributed by atoms with Crippen LogP contribution in [-0.2, 0) is 9.53 Å². The van der Waals surface area contributed by atoms with Crippen LogP contribution >= 0.6 is 0 Å². The molecule has 0 atom stereocenters. The van der Waals surface area contributed by atoms with Crippen molar-refractivity contribution in [2.45, 2.75) is 19.3 Å². The summed E-state index contributed by atoms with van der Waals surface area (Å²) in [6, 6.07) is 0. The molecule has 0 radical (unpaired) electrons. The van der Waals surface area contributed by atoms with Crippen molar-refractivity contribution in [2.24, 2.45) is 11.7 Å². The van der Waals surface area contributed by atoms with E-state index in [2.05, 4.69) is 0 Å². The van der Waals surface area contributed by atoms with Gasteiger partial charge in [-0.15, -0.1) is 0 Å². The minimum Gasteiger partial charge on any atom is -0.380 e. The molecule has 1 aliphatic rings. The summed E-state index contributed by atoms with van der Waals surface area (Å²) in [4.78, 5) is 15.6. The smallest absolute Gasteiger partial charge is 0.236 e. The van der Waals surface area contributed by atoms with Crippen molar-refractivity contribution in [2.75, 3.05) is 53.5 Å². The average molecular weight is 257 g/mol. The highest BCUT2D eigenvalue weighted by atomic mass is 16.5. The van der Waals surface area contributed by atoms with Gasteiger partial charge in [0, 0.05) is 26.7 Å². The van der Waals surface area contributed by atoms with Crippen LogP contribution in [0.15, 0.2) is 0 Å². The van der Waals surface area contributed by atoms with Crippen LogP contribution in [0.3, 0.4) is 0 Å². The maximum atomic E-state index is 11.8. The molecule has 5 heteroatoms. The van der Waals surface area contributed by atoms with Gasteiger partial charge in [-0.05, 0) is 38.8 Å². The Balaban J connectivity index is 2.01. The van der Waals surface area contributed by atoms with Crippen LogP contribution in [0.4, 0.5) is 0 Å². The Bertz CT molecular complexity index is 244. The molecule has 5 nitrogen and oxygen atoms in total. The van der Waals surface area contributed by atoms with Gasteiger partial charge in [0.05, 0.1) is 13.2 Å². The molecule has 1 amide bonds. The number of likely N-dealkylation sites (N-methyl/N-ethyl adjacent to an activating group) is 2. The van der Waals surface area contributed by atoms with Crippen molar-refractivity contribution >= 4 is 5.91 Å². The summed E-state index contributed by atoms with van der Waals surface area (Å²) in [5, 5.41) is 0. The topological polar surface area (TPSA) is 58.8 Å². The number of ether oxygens (including phenoxy) is 1. The number of amides is 1. The SMILES string of the molecule is CN(CCOCC1CC1)CC(=O)N(C)CCCN. The Hall–Kier alpha value is -0.650. The molecule has 1 rings (SSSR count). The molecule has 0 saturated heterocycles. The molecule has 1 fully saturated rings. The molecule has 106 valence electrons. The van der Waals surface area contributed by atoms with E-state index < -0.39 is 0 Å². The second kappa shape index (κ2) is 8.45. The highest BCUT2D eigenvalue weighted by molar-refractivity contribution is 5.77. The van der Waals surface area contributed by atoms with Crippen LogP contribution in [0.1, 0.15) is 19.3 Å². The highest BCUT2D eigenvalue weighted by Crippen LogP contribution is 2.28. The number of hydrogen-bond donors (Lipinski definition) is 1. The van der Waals surface area contributed by atoms with Crippen molar-refractivity contribution < 1.29 is 9.53 Å². The van der Waals surface area contributed by atoms with E-state index in [1.807, 2.05) is 19.0 Å². The Morgan fingerprint density at radius 2 is 2.06 bits per heavy atom. The lowest BCUT2D eigenvalue weighted by molar-refractivity contribution is -0.131. The van der Waals surface area contributed by atoms with Gasteiger partial charge in [-0.1, -0.05) is 0 Å². The number of nitrogens with two attached hydrogens (primary N) is 1. The second-order valence-corrected chi connectivity index (χ2v) is 5.21. The van der Waals surface area contributed by atoms with E-state index >= 15 is 0 Å². The van der Waals surface area contributed by atoms with Gasteiger partial charge in [0.2, 0.25) is 5.91 Å². The molecular formula is C13H27N3O2. The Kier molecular flexibility index (Phi) is 7.23. The lowest BCUT2D eigenvalue weighted by Crippen LogP contribution is -2.38. The standard InChI is InChI=1S/C13H27N3O2/c1-15(8-9-18-11-12-4-5-12)10-13(17)16(2)7-3-6-14/h12H,3-11,14H2,1-2H3. The largest absolute Gasteiger partial charge is 0.380 e. The normalized spacial score (nSPS) is 15.1. The van der Waals surface area contributed by atoms with E-state index in [-0.39, 0.29) is 5.91 Å². The molecule has 1 saturated carbocycles. The number of rotatable bonds is 10. The van der Waals surface area contributed by atoms with E-state index in [0.717, 1.165) is 32.0 Å². The molecule has 1 aliphatic carbocycles. The Labute approximate surface area is 110 Å². The minimum absolute atomic E-state index is 0.146. The van der Waals surface area contributed by atoms with E-state index in [0.29, 0.717) is 19.7 Å². The van der Waals surface area contributed by atoms with Gasteiger partial charge in [0.1, 0.15) is 0 Å². The van der Waals surface area contributed by atoms with Crippen LogP contribution in [0.2, 0.25) is 0 Å². The second-order valence-electron chi connectivity index (χ2n) is 5.21. The molecule has 0 aromatic carbocycles. The zero-order valence-corrected chi connectivity index (χ0v) is 11.7. The van der Waals surface area contributed by atoms with Gasteiger partial charge in [0.15, 0.2) is 0 Å². The summed E-state index contributed by atoms with van der Waals surface area (Å²) < 4.78 is 5.55. The first kappa shape index (κ1) is 15.4. The third-order valence-electron chi connectivity index (χ3n) is 3.20. The maximum absolute atomic E-state index is 11.8. The molecule has 0 unspecified atom stereocenters. The zero-order chi connectivity index (χ0) is 13.4. The first-order valence-electron chi connectivity index (χ1n) is 6.83. The van der Waals surface area contributed by atoms with E-state index in [1.54, 1.807) is 4.90 Å². The number of nitrogens with zero attached hydrogens (tertiary/aromatic N) is 2. The fraction of sp³-hybridized carbons (Fsp3) is 0.923. The molecule has 0 heterocycles. The average Bonchev–Trinajstić information content (AvgIpc) is 3.15. The molecule has 18 heavy (non-hydrogen) atoms. The van der Waals surface area contributed by atoms with Gasteiger partial charge in [-0.2, -0.15) is 0 Å². The number of carbonyl (C=O) groups is 1. The van der Waals surface area contributed by atoms with Crippen molar-refractivity contribution in [3.63, 3.8) is 0 Å².